The second-order valence-electron chi connectivity index (χ2n) is 3.06. The van der Waals surface area contributed by atoms with E-state index in [2.05, 4.69) is 5.32 Å². The van der Waals surface area contributed by atoms with Gasteiger partial charge >= 0.3 is 6.09 Å². The van der Waals surface area contributed by atoms with Crippen LogP contribution in [0.1, 0.15) is 18.9 Å². The molecule has 0 atom stereocenters. The van der Waals surface area contributed by atoms with Crippen molar-refractivity contribution >= 4 is 18.1 Å². The Morgan fingerprint density at radius 1 is 1.56 bits per heavy atom. The molecule has 1 aromatic rings. The summed E-state index contributed by atoms with van der Waals surface area (Å²) in [6, 6.07) is 4.38. The number of nitrogens with one attached hydrogen (secondary N) is 1. The number of phenolic OH excluding ortho intramolecular Hbond substituents is 1. The molecule has 0 fully saturated rings. The van der Waals surface area contributed by atoms with Crippen LogP contribution in [-0.2, 0) is 9.53 Å². The number of benzene rings is 1. The number of para-hydroxylation sites is 1. The Morgan fingerprint density at radius 2 is 2.31 bits per heavy atom. The average Bonchev–Trinajstić information content (AvgIpc) is 2.29. The maximum absolute atomic E-state index is 11.2. The van der Waals surface area contributed by atoms with E-state index in [0.29, 0.717) is 13.0 Å². The van der Waals surface area contributed by atoms with E-state index in [4.69, 9.17) is 4.74 Å². The van der Waals surface area contributed by atoms with Gasteiger partial charge in [-0.3, -0.25) is 10.1 Å². The van der Waals surface area contributed by atoms with Gasteiger partial charge in [-0.15, -0.1) is 0 Å². The van der Waals surface area contributed by atoms with Crippen LogP contribution in [-0.4, -0.2) is 24.1 Å². The normalized spacial score (nSPS) is 9.56. The van der Waals surface area contributed by atoms with E-state index in [-0.39, 0.29) is 17.0 Å². The summed E-state index contributed by atoms with van der Waals surface area (Å²) >= 11 is 0. The molecule has 0 unspecified atom stereocenters. The molecule has 5 heteroatoms. The molecule has 1 amide bonds. The number of phenols is 1. The largest absolute Gasteiger partial charge is 0.505 e. The number of anilines is 1. The lowest BCUT2D eigenvalue weighted by Crippen LogP contribution is -2.14. The summed E-state index contributed by atoms with van der Waals surface area (Å²) in [5.74, 6) is -0.314. The Kier molecular flexibility index (Phi) is 4.32. The Balaban J connectivity index is 2.73. The summed E-state index contributed by atoms with van der Waals surface area (Å²) in [4.78, 5) is 21.6. The molecule has 1 rings (SSSR count). The Labute approximate surface area is 93.0 Å². The highest BCUT2D eigenvalue weighted by atomic mass is 16.5. The first-order valence-electron chi connectivity index (χ1n) is 4.83. The lowest BCUT2D eigenvalue weighted by Gasteiger charge is -2.08. The lowest BCUT2D eigenvalue weighted by molar-refractivity contribution is 0.161. The fourth-order valence-corrected chi connectivity index (χ4v) is 1.07. The lowest BCUT2D eigenvalue weighted by atomic mass is 10.2. The molecule has 1 radical (unpaired) electrons. The van der Waals surface area contributed by atoms with Gasteiger partial charge in [0.15, 0.2) is 0 Å². The summed E-state index contributed by atoms with van der Waals surface area (Å²) in [6.07, 6.45) is 1.60. The predicted molar refractivity (Wildman–Crippen MR) is 58.2 cm³/mol. The van der Waals surface area contributed by atoms with Crippen LogP contribution in [0, 0.1) is 0 Å². The molecule has 0 saturated heterocycles. The van der Waals surface area contributed by atoms with Gasteiger partial charge in [-0.1, -0.05) is 13.0 Å². The van der Waals surface area contributed by atoms with Crippen molar-refractivity contribution in [1.82, 2.24) is 0 Å². The van der Waals surface area contributed by atoms with Gasteiger partial charge in [0.05, 0.1) is 17.9 Å². The van der Waals surface area contributed by atoms with Crippen LogP contribution in [0.4, 0.5) is 10.5 Å². The minimum atomic E-state index is -0.666. The molecule has 0 heterocycles. The second kappa shape index (κ2) is 5.75. The fraction of sp³-hybridized carbons (Fsp3) is 0.273. The average molecular weight is 222 g/mol. The number of rotatable bonds is 4. The summed E-state index contributed by atoms with van der Waals surface area (Å²) in [5.41, 5.74) is 0.121. The zero-order valence-corrected chi connectivity index (χ0v) is 8.82. The van der Waals surface area contributed by atoms with Gasteiger partial charge in [-0.25, -0.2) is 4.79 Å². The van der Waals surface area contributed by atoms with E-state index in [0.717, 1.165) is 0 Å². The molecule has 0 aliphatic heterocycles. The molecule has 16 heavy (non-hydrogen) atoms. The van der Waals surface area contributed by atoms with Crippen molar-refractivity contribution in [3.05, 3.63) is 23.8 Å². The van der Waals surface area contributed by atoms with Gasteiger partial charge < -0.3 is 9.84 Å². The highest BCUT2D eigenvalue weighted by Crippen LogP contribution is 2.25. The standard InChI is InChI=1S/C11H12NO4/c1-2-6-16-11(15)12-9-5-3-4-8(7-13)10(9)14/h3-5,14H,2,6H2,1H3,(H,12,15). The van der Waals surface area contributed by atoms with Gasteiger partial charge in [0.2, 0.25) is 6.29 Å². The minimum Gasteiger partial charge on any atom is -0.505 e. The van der Waals surface area contributed by atoms with E-state index in [1.807, 2.05) is 6.92 Å². The van der Waals surface area contributed by atoms with Crippen molar-refractivity contribution in [1.29, 1.82) is 0 Å². The number of hydrogen-bond acceptors (Lipinski definition) is 4. The van der Waals surface area contributed by atoms with Crippen molar-refractivity contribution in [2.24, 2.45) is 0 Å². The third-order valence-corrected chi connectivity index (χ3v) is 1.82. The molecule has 85 valence electrons. The number of amides is 1. The quantitative estimate of drug-likeness (QED) is 0.762. The molecule has 5 nitrogen and oxygen atoms in total. The SMILES string of the molecule is CCCOC(=O)Nc1cccc([C]=O)c1O. The maximum atomic E-state index is 11.2. The highest BCUT2D eigenvalue weighted by Gasteiger charge is 2.10. The maximum Gasteiger partial charge on any atom is 0.411 e. The highest BCUT2D eigenvalue weighted by molar-refractivity contribution is 5.91. The number of ether oxygens (including phenoxy) is 1. The van der Waals surface area contributed by atoms with Gasteiger partial charge in [0.1, 0.15) is 5.75 Å². The molecular formula is C11H12NO4. The first-order chi connectivity index (χ1) is 7.69. The van der Waals surface area contributed by atoms with Crippen LogP contribution >= 0.6 is 0 Å². The topological polar surface area (TPSA) is 75.6 Å². The van der Waals surface area contributed by atoms with Gasteiger partial charge in [0, 0.05) is 0 Å². The number of carbonyl (C=O) groups excluding carboxylic acids is 2. The van der Waals surface area contributed by atoms with E-state index < -0.39 is 6.09 Å². The van der Waals surface area contributed by atoms with Gasteiger partial charge in [-0.2, -0.15) is 0 Å². The Morgan fingerprint density at radius 3 is 2.94 bits per heavy atom. The zero-order chi connectivity index (χ0) is 12.0. The van der Waals surface area contributed by atoms with Crippen molar-refractivity contribution < 1.29 is 19.4 Å². The fourth-order valence-electron chi connectivity index (χ4n) is 1.07. The number of hydrogen-bond donors (Lipinski definition) is 2. The van der Waals surface area contributed by atoms with E-state index in [1.165, 1.54) is 18.2 Å². The molecule has 2 N–H and O–H groups in total. The summed E-state index contributed by atoms with van der Waals surface area (Å²) in [6.45, 7) is 2.17. The molecule has 1 aromatic carbocycles. The monoisotopic (exact) mass is 222 g/mol. The molecule has 0 aromatic heterocycles. The van der Waals surface area contributed by atoms with Crippen molar-refractivity contribution in [3.63, 3.8) is 0 Å². The van der Waals surface area contributed by atoms with Crippen molar-refractivity contribution in [2.75, 3.05) is 11.9 Å². The molecule has 0 aliphatic carbocycles. The number of aromatic hydroxyl groups is 1. The van der Waals surface area contributed by atoms with Crippen molar-refractivity contribution in [2.45, 2.75) is 13.3 Å². The van der Waals surface area contributed by atoms with Gasteiger partial charge in [-0.05, 0) is 18.6 Å². The number of carbonyl (C=O) groups is 1. The summed E-state index contributed by atoms with van der Waals surface area (Å²) < 4.78 is 4.76. The Hall–Kier alpha value is -2.04. The predicted octanol–water partition coefficient (Wildman–Crippen LogP) is 1.81. The van der Waals surface area contributed by atoms with Crippen LogP contribution in [0.25, 0.3) is 0 Å². The molecule has 0 saturated carbocycles. The molecule has 0 spiro atoms. The molecule has 0 bridgehead atoms. The zero-order valence-electron chi connectivity index (χ0n) is 8.82. The van der Waals surface area contributed by atoms with Crippen LogP contribution in [0.2, 0.25) is 0 Å². The molecular weight excluding hydrogens is 210 g/mol. The van der Waals surface area contributed by atoms with Gasteiger partial charge in [0.25, 0.3) is 0 Å². The smallest absolute Gasteiger partial charge is 0.411 e. The van der Waals surface area contributed by atoms with E-state index >= 15 is 0 Å². The Bertz CT molecular complexity index is 390. The van der Waals surface area contributed by atoms with Crippen LogP contribution < -0.4 is 5.32 Å². The summed E-state index contributed by atoms with van der Waals surface area (Å²) in [5, 5.41) is 11.9. The van der Waals surface area contributed by atoms with Crippen LogP contribution in [0.15, 0.2) is 18.2 Å². The van der Waals surface area contributed by atoms with E-state index in [9.17, 15) is 14.7 Å². The van der Waals surface area contributed by atoms with Crippen molar-refractivity contribution in [3.8, 4) is 5.75 Å². The first kappa shape index (κ1) is 12.0. The molecule has 0 aliphatic rings. The second-order valence-corrected chi connectivity index (χ2v) is 3.06. The first-order valence-corrected chi connectivity index (χ1v) is 4.83. The van der Waals surface area contributed by atoms with Crippen LogP contribution in [0.3, 0.4) is 0 Å². The third kappa shape index (κ3) is 2.98. The summed E-state index contributed by atoms with van der Waals surface area (Å²) in [7, 11) is 0. The third-order valence-electron chi connectivity index (χ3n) is 1.82. The van der Waals surface area contributed by atoms with Crippen LogP contribution in [0.5, 0.6) is 5.75 Å². The minimum absolute atomic E-state index is 0.00621. The van der Waals surface area contributed by atoms with E-state index in [1.54, 1.807) is 6.29 Å².